The molecule has 0 aliphatic heterocycles. The zero-order chi connectivity index (χ0) is 12.1. The Labute approximate surface area is 95.0 Å². The number of Topliss-reactive ketones (excluding diaryl/α,β-unsaturated/α-hetero) is 1. The molecular weight excluding hydrogens is 202 g/mol. The third-order valence-corrected chi connectivity index (χ3v) is 2.55. The highest BCUT2D eigenvalue weighted by Crippen LogP contribution is 2.20. The molecule has 1 aromatic carbocycles. The molecule has 0 aromatic heterocycles. The standard InChI is InChI=1S/C11H11NO2.C2H4/c12-11(14)9-2-1-8-6-10(13)4-3-7(8)5-9;1-2/h1-2,5H,3-4,6H2,(H2,12,14);1-2H2. The van der Waals surface area contributed by atoms with Gasteiger partial charge in [-0.3, -0.25) is 9.59 Å². The highest BCUT2D eigenvalue weighted by Gasteiger charge is 2.16. The minimum atomic E-state index is -0.412. The minimum absolute atomic E-state index is 0.268. The van der Waals surface area contributed by atoms with Gasteiger partial charge in [0.05, 0.1) is 0 Å². The van der Waals surface area contributed by atoms with Crippen molar-refractivity contribution < 1.29 is 9.59 Å². The molecular formula is C13H15NO2. The first-order valence-electron chi connectivity index (χ1n) is 5.10. The fourth-order valence-electron chi connectivity index (χ4n) is 1.76. The summed E-state index contributed by atoms with van der Waals surface area (Å²) in [6, 6.07) is 5.30. The number of carbonyl (C=O) groups excluding carboxylic acids is 2. The molecule has 3 heteroatoms. The minimum Gasteiger partial charge on any atom is -0.366 e. The number of hydrogen-bond donors (Lipinski definition) is 1. The third kappa shape index (κ3) is 2.57. The van der Waals surface area contributed by atoms with Crippen molar-refractivity contribution >= 4 is 11.7 Å². The first-order chi connectivity index (χ1) is 7.66. The normalized spacial score (nSPS) is 13.4. The van der Waals surface area contributed by atoms with Gasteiger partial charge in [-0.05, 0) is 29.7 Å². The topological polar surface area (TPSA) is 60.2 Å². The second-order valence-corrected chi connectivity index (χ2v) is 3.56. The molecule has 0 unspecified atom stereocenters. The lowest BCUT2D eigenvalue weighted by molar-refractivity contribution is -0.118. The van der Waals surface area contributed by atoms with Crippen LogP contribution in [0, 0.1) is 0 Å². The van der Waals surface area contributed by atoms with E-state index in [9.17, 15) is 9.59 Å². The molecule has 0 atom stereocenters. The van der Waals surface area contributed by atoms with Crippen LogP contribution in [0.2, 0.25) is 0 Å². The Hall–Kier alpha value is -1.90. The number of nitrogens with two attached hydrogens (primary N) is 1. The van der Waals surface area contributed by atoms with Crippen molar-refractivity contribution in [3.63, 3.8) is 0 Å². The Balaban J connectivity index is 0.000000606. The van der Waals surface area contributed by atoms with Gasteiger partial charge in [0.2, 0.25) is 5.91 Å². The first-order valence-corrected chi connectivity index (χ1v) is 5.10. The van der Waals surface area contributed by atoms with E-state index < -0.39 is 5.91 Å². The largest absolute Gasteiger partial charge is 0.366 e. The summed E-state index contributed by atoms with van der Waals surface area (Å²) < 4.78 is 0. The van der Waals surface area contributed by atoms with Crippen LogP contribution in [0.5, 0.6) is 0 Å². The molecule has 84 valence electrons. The summed E-state index contributed by atoms with van der Waals surface area (Å²) in [6.45, 7) is 6.00. The fourth-order valence-corrected chi connectivity index (χ4v) is 1.76. The van der Waals surface area contributed by atoms with E-state index >= 15 is 0 Å². The van der Waals surface area contributed by atoms with E-state index in [1.807, 2.05) is 6.07 Å². The van der Waals surface area contributed by atoms with Gasteiger partial charge < -0.3 is 5.73 Å². The maximum atomic E-state index is 11.2. The number of fused-ring (bicyclic) bond motifs is 1. The molecule has 1 aliphatic carbocycles. The van der Waals surface area contributed by atoms with Gasteiger partial charge in [0.25, 0.3) is 0 Å². The van der Waals surface area contributed by atoms with Gasteiger partial charge in [0.1, 0.15) is 5.78 Å². The molecule has 0 fully saturated rings. The van der Waals surface area contributed by atoms with Crippen LogP contribution < -0.4 is 5.73 Å². The Morgan fingerprint density at radius 2 is 1.88 bits per heavy atom. The second kappa shape index (κ2) is 5.26. The molecule has 0 spiro atoms. The second-order valence-electron chi connectivity index (χ2n) is 3.56. The van der Waals surface area contributed by atoms with Crippen LogP contribution in [0.15, 0.2) is 31.4 Å². The van der Waals surface area contributed by atoms with E-state index in [-0.39, 0.29) is 5.78 Å². The van der Waals surface area contributed by atoms with Crippen molar-refractivity contribution in [2.45, 2.75) is 19.3 Å². The lowest BCUT2D eigenvalue weighted by Gasteiger charge is -2.14. The monoisotopic (exact) mass is 217 g/mol. The Kier molecular flexibility index (Phi) is 4.00. The molecule has 1 amide bonds. The Morgan fingerprint density at radius 1 is 1.19 bits per heavy atom. The van der Waals surface area contributed by atoms with Gasteiger partial charge >= 0.3 is 0 Å². The van der Waals surface area contributed by atoms with E-state index in [4.69, 9.17) is 5.73 Å². The van der Waals surface area contributed by atoms with Crippen molar-refractivity contribution in [1.82, 2.24) is 0 Å². The van der Waals surface area contributed by atoms with Crippen LogP contribution in [0.3, 0.4) is 0 Å². The Bertz CT molecular complexity index is 424. The molecule has 2 rings (SSSR count). The highest BCUT2D eigenvalue weighted by molar-refractivity contribution is 5.93. The summed E-state index contributed by atoms with van der Waals surface area (Å²) in [6.07, 6.45) is 1.80. The fraction of sp³-hybridized carbons (Fsp3) is 0.231. The van der Waals surface area contributed by atoms with Crippen LogP contribution >= 0.6 is 0 Å². The van der Waals surface area contributed by atoms with Crippen molar-refractivity contribution in [3.05, 3.63) is 48.0 Å². The number of aryl methyl sites for hydroxylation is 1. The van der Waals surface area contributed by atoms with E-state index in [2.05, 4.69) is 13.2 Å². The van der Waals surface area contributed by atoms with Crippen molar-refractivity contribution in [3.8, 4) is 0 Å². The van der Waals surface area contributed by atoms with E-state index in [1.165, 1.54) is 0 Å². The summed E-state index contributed by atoms with van der Waals surface area (Å²) in [4.78, 5) is 22.1. The zero-order valence-corrected chi connectivity index (χ0v) is 9.16. The molecule has 0 bridgehead atoms. The SMILES string of the molecule is C=C.NC(=O)c1ccc2c(c1)CCC(=O)C2. The van der Waals surface area contributed by atoms with Crippen molar-refractivity contribution in [1.29, 1.82) is 0 Å². The van der Waals surface area contributed by atoms with Gasteiger partial charge in [0.15, 0.2) is 0 Å². The number of primary amides is 1. The van der Waals surface area contributed by atoms with Gasteiger partial charge in [-0.2, -0.15) is 0 Å². The van der Waals surface area contributed by atoms with Gasteiger partial charge in [-0.25, -0.2) is 0 Å². The quantitative estimate of drug-likeness (QED) is 0.727. The number of carbonyl (C=O) groups is 2. The average molecular weight is 217 g/mol. The number of benzene rings is 1. The molecule has 0 radical (unpaired) electrons. The summed E-state index contributed by atoms with van der Waals surface area (Å²) in [7, 11) is 0. The molecule has 2 N–H and O–H groups in total. The number of hydrogen-bond acceptors (Lipinski definition) is 2. The van der Waals surface area contributed by atoms with Crippen LogP contribution in [0.4, 0.5) is 0 Å². The van der Waals surface area contributed by atoms with E-state index in [0.29, 0.717) is 18.4 Å². The lowest BCUT2D eigenvalue weighted by atomic mass is 9.89. The van der Waals surface area contributed by atoms with Crippen LogP contribution in [0.25, 0.3) is 0 Å². The first kappa shape index (κ1) is 12.2. The van der Waals surface area contributed by atoms with Crippen molar-refractivity contribution in [2.24, 2.45) is 5.73 Å². The lowest BCUT2D eigenvalue weighted by Crippen LogP contribution is -2.16. The van der Waals surface area contributed by atoms with E-state index in [1.54, 1.807) is 12.1 Å². The average Bonchev–Trinajstić information content (AvgIpc) is 2.30. The van der Waals surface area contributed by atoms with Gasteiger partial charge in [-0.1, -0.05) is 6.07 Å². The molecule has 0 saturated carbocycles. The summed E-state index contributed by atoms with van der Waals surface area (Å²) in [5.74, 6) is -0.144. The smallest absolute Gasteiger partial charge is 0.248 e. The van der Waals surface area contributed by atoms with Crippen LogP contribution in [-0.2, 0) is 17.6 Å². The summed E-state index contributed by atoms with van der Waals surface area (Å²) >= 11 is 0. The predicted octanol–water partition coefficient (Wildman–Crippen LogP) is 1.65. The molecule has 3 nitrogen and oxygen atoms in total. The maximum Gasteiger partial charge on any atom is 0.248 e. The predicted molar refractivity (Wildman–Crippen MR) is 63.2 cm³/mol. The Morgan fingerprint density at radius 3 is 2.50 bits per heavy atom. The summed E-state index contributed by atoms with van der Waals surface area (Å²) in [5.41, 5.74) is 7.81. The number of ketones is 1. The van der Waals surface area contributed by atoms with Crippen molar-refractivity contribution in [2.75, 3.05) is 0 Å². The molecule has 0 saturated heterocycles. The maximum absolute atomic E-state index is 11.2. The van der Waals surface area contributed by atoms with Gasteiger partial charge in [0, 0.05) is 18.4 Å². The van der Waals surface area contributed by atoms with E-state index in [0.717, 1.165) is 17.5 Å². The molecule has 0 heterocycles. The zero-order valence-electron chi connectivity index (χ0n) is 9.16. The molecule has 16 heavy (non-hydrogen) atoms. The molecule has 1 aromatic rings. The van der Waals surface area contributed by atoms with Crippen LogP contribution in [0.1, 0.15) is 27.9 Å². The third-order valence-electron chi connectivity index (χ3n) is 2.55. The van der Waals surface area contributed by atoms with Gasteiger partial charge in [-0.15, -0.1) is 13.2 Å². The van der Waals surface area contributed by atoms with Crippen LogP contribution in [-0.4, -0.2) is 11.7 Å². The number of rotatable bonds is 1. The number of amides is 1. The summed E-state index contributed by atoms with van der Waals surface area (Å²) in [5, 5.41) is 0. The molecule has 1 aliphatic rings. The highest BCUT2D eigenvalue weighted by atomic mass is 16.1.